The van der Waals surface area contributed by atoms with E-state index in [0.717, 1.165) is 15.2 Å². The first-order valence-electron chi connectivity index (χ1n) is 9.69. The number of hydrogen-bond acceptors (Lipinski definition) is 5. The number of thiazole rings is 1. The summed E-state index contributed by atoms with van der Waals surface area (Å²) in [5.74, 6) is 0.185. The van der Waals surface area contributed by atoms with Crippen LogP contribution in [0.15, 0.2) is 72.8 Å². The molecule has 31 heavy (non-hydrogen) atoms. The van der Waals surface area contributed by atoms with Gasteiger partial charge in [0.1, 0.15) is 10.8 Å². The fourth-order valence-corrected chi connectivity index (χ4v) is 4.20. The number of anilines is 1. The highest BCUT2D eigenvalue weighted by atomic mass is 32.1. The fraction of sp³-hybridized carbons (Fsp3) is 0.125. The second-order valence-electron chi connectivity index (χ2n) is 6.96. The van der Waals surface area contributed by atoms with Gasteiger partial charge in [-0.25, -0.2) is 4.98 Å². The minimum absolute atomic E-state index is 0.190. The lowest BCUT2D eigenvalue weighted by Crippen LogP contribution is -2.27. The number of carbonyl (C=O) groups is 2. The van der Waals surface area contributed by atoms with E-state index in [0.29, 0.717) is 29.1 Å². The van der Waals surface area contributed by atoms with E-state index < -0.39 is 0 Å². The van der Waals surface area contributed by atoms with Gasteiger partial charge >= 0.3 is 0 Å². The number of hydrogen-bond donors (Lipinski definition) is 1. The Kier molecular flexibility index (Phi) is 5.95. The van der Waals surface area contributed by atoms with Crippen LogP contribution in [0, 0.1) is 0 Å². The summed E-state index contributed by atoms with van der Waals surface area (Å²) >= 11 is 1.57. The third-order valence-electron chi connectivity index (χ3n) is 4.82. The molecule has 0 saturated carbocycles. The number of para-hydroxylation sites is 2. The zero-order chi connectivity index (χ0) is 21.8. The Bertz CT molecular complexity index is 1200. The van der Waals surface area contributed by atoms with Gasteiger partial charge in [-0.15, -0.1) is 11.3 Å². The van der Waals surface area contributed by atoms with E-state index in [1.807, 2.05) is 24.3 Å². The molecular weight excluding hydrogens is 410 g/mol. The number of carbonyl (C=O) groups excluding carboxylic acids is 2. The van der Waals surface area contributed by atoms with Crippen LogP contribution in [0.25, 0.3) is 10.2 Å². The molecule has 1 aromatic heterocycles. The molecule has 0 aliphatic rings. The van der Waals surface area contributed by atoms with E-state index in [-0.39, 0.29) is 11.8 Å². The van der Waals surface area contributed by atoms with Crippen molar-refractivity contribution in [1.82, 2.24) is 9.88 Å². The van der Waals surface area contributed by atoms with E-state index in [9.17, 15) is 9.59 Å². The summed E-state index contributed by atoms with van der Waals surface area (Å²) in [4.78, 5) is 32.0. The van der Waals surface area contributed by atoms with Crippen LogP contribution in [0.5, 0.6) is 5.75 Å². The maximum absolute atomic E-state index is 13.1. The molecule has 0 spiro atoms. The highest BCUT2D eigenvalue weighted by Gasteiger charge is 2.19. The van der Waals surface area contributed by atoms with Crippen molar-refractivity contribution in [3.05, 3.63) is 88.9 Å². The average Bonchev–Trinajstić information content (AvgIpc) is 3.21. The number of nitrogens with zero attached hydrogens (tertiary/aromatic N) is 2. The van der Waals surface area contributed by atoms with E-state index in [1.165, 1.54) is 0 Å². The quantitative estimate of drug-likeness (QED) is 0.475. The van der Waals surface area contributed by atoms with E-state index >= 15 is 0 Å². The Morgan fingerprint density at radius 3 is 2.45 bits per heavy atom. The average molecular weight is 432 g/mol. The molecule has 7 heteroatoms. The van der Waals surface area contributed by atoms with Gasteiger partial charge in [0.15, 0.2) is 0 Å². The third kappa shape index (κ3) is 4.57. The first-order chi connectivity index (χ1) is 15.0. The number of ether oxygens (including phenoxy) is 1. The molecule has 0 saturated heterocycles. The van der Waals surface area contributed by atoms with Gasteiger partial charge in [-0.2, -0.15) is 0 Å². The molecule has 1 heterocycles. The predicted octanol–water partition coefficient (Wildman–Crippen LogP) is 4.83. The minimum Gasteiger partial charge on any atom is -0.497 e. The van der Waals surface area contributed by atoms with Crippen LogP contribution in [0.4, 0.5) is 5.69 Å². The standard InChI is InChI=1S/C24H21N3O3S/c1-27(15-22-25-20-9-5-6-10-21(20)31-22)24(29)18-7-3-4-8-19(18)26-23(28)16-11-13-17(30-2)14-12-16/h3-14H,15H2,1-2H3,(H,26,28). The highest BCUT2D eigenvalue weighted by Crippen LogP contribution is 2.24. The van der Waals surface area contributed by atoms with E-state index in [4.69, 9.17) is 4.74 Å². The first-order valence-corrected chi connectivity index (χ1v) is 10.5. The molecule has 0 bridgehead atoms. The zero-order valence-corrected chi connectivity index (χ0v) is 18.0. The van der Waals surface area contributed by atoms with Crippen molar-refractivity contribution in [2.24, 2.45) is 0 Å². The van der Waals surface area contributed by atoms with Crippen LogP contribution in [0.2, 0.25) is 0 Å². The minimum atomic E-state index is -0.295. The topological polar surface area (TPSA) is 71.5 Å². The van der Waals surface area contributed by atoms with Crippen molar-refractivity contribution in [3.63, 3.8) is 0 Å². The highest BCUT2D eigenvalue weighted by molar-refractivity contribution is 7.18. The molecule has 0 fully saturated rings. The maximum atomic E-state index is 13.1. The lowest BCUT2D eigenvalue weighted by atomic mass is 10.1. The molecule has 3 aromatic carbocycles. The van der Waals surface area contributed by atoms with Crippen LogP contribution in [0.3, 0.4) is 0 Å². The number of methoxy groups -OCH3 is 1. The molecule has 0 unspecified atom stereocenters. The van der Waals surface area contributed by atoms with Crippen LogP contribution in [-0.4, -0.2) is 35.9 Å². The van der Waals surface area contributed by atoms with Crippen LogP contribution in [-0.2, 0) is 6.54 Å². The summed E-state index contributed by atoms with van der Waals surface area (Å²) in [5, 5.41) is 3.70. The van der Waals surface area contributed by atoms with Gasteiger partial charge in [0.25, 0.3) is 11.8 Å². The number of rotatable bonds is 6. The number of aromatic nitrogens is 1. The molecule has 2 amide bonds. The molecule has 1 N–H and O–H groups in total. The molecule has 156 valence electrons. The summed E-state index contributed by atoms with van der Waals surface area (Å²) in [6.45, 7) is 0.388. The molecule has 0 radical (unpaired) electrons. The summed E-state index contributed by atoms with van der Waals surface area (Å²) in [6.07, 6.45) is 0. The van der Waals surface area contributed by atoms with Crippen molar-refractivity contribution in [2.45, 2.75) is 6.54 Å². The lowest BCUT2D eigenvalue weighted by molar-refractivity contribution is 0.0786. The van der Waals surface area contributed by atoms with Crippen molar-refractivity contribution < 1.29 is 14.3 Å². The van der Waals surface area contributed by atoms with Crippen LogP contribution in [0.1, 0.15) is 25.7 Å². The lowest BCUT2D eigenvalue weighted by Gasteiger charge is -2.18. The Hall–Kier alpha value is -3.71. The Morgan fingerprint density at radius 1 is 1.00 bits per heavy atom. The second-order valence-corrected chi connectivity index (χ2v) is 8.08. The number of fused-ring (bicyclic) bond motifs is 1. The fourth-order valence-electron chi connectivity index (χ4n) is 3.18. The van der Waals surface area contributed by atoms with E-state index in [2.05, 4.69) is 10.3 Å². The number of benzene rings is 3. The normalized spacial score (nSPS) is 10.6. The van der Waals surface area contributed by atoms with Gasteiger partial charge < -0.3 is 15.0 Å². The Balaban J connectivity index is 1.51. The zero-order valence-electron chi connectivity index (χ0n) is 17.2. The molecule has 4 aromatic rings. The van der Waals surface area contributed by atoms with Crippen molar-refractivity contribution >= 4 is 39.1 Å². The summed E-state index contributed by atoms with van der Waals surface area (Å²) in [7, 11) is 3.30. The summed E-state index contributed by atoms with van der Waals surface area (Å²) < 4.78 is 6.21. The largest absolute Gasteiger partial charge is 0.497 e. The molecule has 6 nitrogen and oxygen atoms in total. The van der Waals surface area contributed by atoms with Gasteiger partial charge in [0, 0.05) is 12.6 Å². The predicted molar refractivity (Wildman–Crippen MR) is 123 cm³/mol. The number of nitrogens with one attached hydrogen (secondary N) is 1. The van der Waals surface area contributed by atoms with E-state index in [1.54, 1.807) is 78.9 Å². The molecule has 0 aliphatic heterocycles. The molecule has 0 atom stereocenters. The third-order valence-corrected chi connectivity index (χ3v) is 5.84. The first kappa shape index (κ1) is 20.6. The Labute approximate surface area is 184 Å². The van der Waals surface area contributed by atoms with Gasteiger partial charge in [-0.05, 0) is 48.5 Å². The number of amides is 2. The SMILES string of the molecule is COc1ccc(C(=O)Nc2ccccc2C(=O)N(C)Cc2nc3ccccc3s2)cc1. The van der Waals surface area contributed by atoms with Gasteiger partial charge in [-0.3, -0.25) is 9.59 Å². The molecule has 0 aliphatic carbocycles. The van der Waals surface area contributed by atoms with Gasteiger partial charge in [-0.1, -0.05) is 24.3 Å². The maximum Gasteiger partial charge on any atom is 0.256 e. The van der Waals surface area contributed by atoms with Crippen molar-refractivity contribution in [3.8, 4) is 5.75 Å². The Morgan fingerprint density at radius 2 is 1.71 bits per heavy atom. The smallest absolute Gasteiger partial charge is 0.256 e. The van der Waals surface area contributed by atoms with Crippen molar-refractivity contribution in [1.29, 1.82) is 0 Å². The monoisotopic (exact) mass is 431 g/mol. The summed E-state index contributed by atoms with van der Waals surface area (Å²) in [5.41, 5.74) is 2.29. The second kappa shape index (κ2) is 8.97. The summed E-state index contributed by atoms with van der Waals surface area (Å²) in [6, 6.07) is 21.7. The van der Waals surface area contributed by atoms with Crippen LogP contribution >= 0.6 is 11.3 Å². The molecule has 4 rings (SSSR count). The van der Waals surface area contributed by atoms with Crippen molar-refractivity contribution in [2.75, 3.05) is 19.5 Å². The molecular formula is C24H21N3O3S. The van der Waals surface area contributed by atoms with Crippen LogP contribution < -0.4 is 10.1 Å². The van der Waals surface area contributed by atoms with Gasteiger partial charge in [0.2, 0.25) is 0 Å². The van der Waals surface area contributed by atoms with Gasteiger partial charge in [0.05, 0.1) is 35.1 Å².